The van der Waals surface area contributed by atoms with Crippen molar-refractivity contribution in [3.05, 3.63) is 36.4 Å². The smallest absolute Gasteiger partial charge is 0.183 e. The van der Waals surface area contributed by atoms with Gasteiger partial charge in [0, 0.05) is 37.2 Å². The molecule has 0 spiro atoms. The molecule has 2 atom stereocenters. The SMILES string of the molecule is COc1ccnc(CN[C@@H]2CCCC[C@H]2n2cccn2)c1OC. The molecule has 3 rings (SSSR count). The highest BCUT2D eigenvalue weighted by atomic mass is 16.5. The number of pyridine rings is 1. The van der Waals surface area contributed by atoms with Crippen molar-refractivity contribution in [2.24, 2.45) is 0 Å². The van der Waals surface area contributed by atoms with Crippen LogP contribution >= 0.6 is 0 Å². The van der Waals surface area contributed by atoms with E-state index in [2.05, 4.69) is 26.3 Å². The zero-order valence-corrected chi connectivity index (χ0v) is 13.7. The molecule has 0 amide bonds. The lowest BCUT2D eigenvalue weighted by molar-refractivity contribution is 0.244. The van der Waals surface area contributed by atoms with Crippen LogP contribution in [0.4, 0.5) is 0 Å². The molecule has 1 N–H and O–H groups in total. The molecule has 124 valence electrons. The second-order valence-electron chi connectivity index (χ2n) is 5.82. The summed E-state index contributed by atoms with van der Waals surface area (Å²) in [5.41, 5.74) is 0.872. The van der Waals surface area contributed by atoms with E-state index in [1.54, 1.807) is 20.4 Å². The molecule has 2 aromatic heterocycles. The minimum absolute atomic E-state index is 0.390. The van der Waals surface area contributed by atoms with Crippen molar-refractivity contribution in [1.29, 1.82) is 0 Å². The van der Waals surface area contributed by atoms with Crippen molar-refractivity contribution in [3.8, 4) is 11.5 Å². The standard InChI is InChI=1S/C17H24N4O2/c1-22-16-8-10-18-14(17(16)23-2)12-19-13-6-3-4-7-15(13)21-11-5-9-20-21/h5,8-11,13,15,19H,3-4,6-7,12H2,1-2H3/t13-,15-/m1/s1. The van der Waals surface area contributed by atoms with Crippen LogP contribution < -0.4 is 14.8 Å². The van der Waals surface area contributed by atoms with Gasteiger partial charge in [0.15, 0.2) is 11.5 Å². The molecule has 1 saturated carbocycles. The van der Waals surface area contributed by atoms with Gasteiger partial charge in [-0.25, -0.2) is 0 Å². The highest BCUT2D eigenvalue weighted by molar-refractivity contribution is 5.42. The van der Waals surface area contributed by atoms with Crippen molar-refractivity contribution < 1.29 is 9.47 Å². The fraction of sp³-hybridized carbons (Fsp3) is 0.529. The summed E-state index contributed by atoms with van der Waals surface area (Å²) in [5.74, 6) is 1.42. The van der Waals surface area contributed by atoms with Crippen molar-refractivity contribution in [2.75, 3.05) is 14.2 Å². The Labute approximate surface area is 136 Å². The van der Waals surface area contributed by atoms with Crippen LogP contribution in [-0.2, 0) is 6.54 Å². The molecule has 1 fully saturated rings. The van der Waals surface area contributed by atoms with E-state index in [1.807, 2.05) is 18.3 Å². The van der Waals surface area contributed by atoms with Gasteiger partial charge in [-0.3, -0.25) is 9.67 Å². The second kappa shape index (κ2) is 7.46. The van der Waals surface area contributed by atoms with E-state index < -0.39 is 0 Å². The van der Waals surface area contributed by atoms with Crippen molar-refractivity contribution >= 4 is 0 Å². The molecule has 0 aromatic carbocycles. The molecule has 2 heterocycles. The quantitative estimate of drug-likeness (QED) is 0.887. The summed E-state index contributed by atoms with van der Waals surface area (Å²) in [4.78, 5) is 4.44. The average Bonchev–Trinajstić information content (AvgIpc) is 3.14. The zero-order chi connectivity index (χ0) is 16.1. The lowest BCUT2D eigenvalue weighted by atomic mass is 9.90. The van der Waals surface area contributed by atoms with Gasteiger partial charge in [0.05, 0.1) is 26.0 Å². The van der Waals surface area contributed by atoms with Crippen LogP contribution in [0.1, 0.15) is 37.4 Å². The molecule has 23 heavy (non-hydrogen) atoms. The van der Waals surface area contributed by atoms with Gasteiger partial charge in [0.2, 0.25) is 0 Å². The van der Waals surface area contributed by atoms with E-state index in [1.165, 1.54) is 12.8 Å². The summed E-state index contributed by atoms with van der Waals surface area (Å²) < 4.78 is 12.9. The molecular formula is C17H24N4O2. The van der Waals surface area contributed by atoms with Crippen molar-refractivity contribution in [3.63, 3.8) is 0 Å². The fourth-order valence-corrected chi connectivity index (χ4v) is 3.35. The Hall–Kier alpha value is -2.08. The van der Waals surface area contributed by atoms with Crippen molar-refractivity contribution in [1.82, 2.24) is 20.1 Å². The fourth-order valence-electron chi connectivity index (χ4n) is 3.35. The first-order chi connectivity index (χ1) is 11.3. The summed E-state index contributed by atoms with van der Waals surface area (Å²) in [6, 6.07) is 4.59. The number of rotatable bonds is 6. The Morgan fingerprint density at radius 3 is 2.83 bits per heavy atom. The third-order valence-electron chi connectivity index (χ3n) is 4.49. The minimum Gasteiger partial charge on any atom is -0.493 e. The molecule has 0 bridgehead atoms. The van der Waals surface area contributed by atoms with Gasteiger partial charge < -0.3 is 14.8 Å². The van der Waals surface area contributed by atoms with Crippen molar-refractivity contribution in [2.45, 2.75) is 44.3 Å². The van der Waals surface area contributed by atoms with Crippen LogP contribution in [0.3, 0.4) is 0 Å². The monoisotopic (exact) mass is 316 g/mol. The lowest BCUT2D eigenvalue weighted by Gasteiger charge is -2.32. The molecule has 0 saturated heterocycles. The first-order valence-electron chi connectivity index (χ1n) is 8.12. The van der Waals surface area contributed by atoms with Gasteiger partial charge in [-0.05, 0) is 18.9 Å². The van der Waals surface area contributed by atoms with Gasteiger partial charge in [0.1, 0.15) is 0 Å². The van der Waals surface area contributed by atoms with Gasteiger partial charge in [0.25, 0.3) is 0 Å². The van der Waals surface area contributed by atoms with E-state index in [-0.39, 0.29) is 0 Å². The highest BCUT2D eigenvalue weighted by Crippen LogP contribution is 2.31. The van der Waals surface area contributed by atoms with Gasteiger partial charge in [-0.15, -0.1) is 0 Å². The van der Waals surface area contributed by atoms with Gasteiger partial charge in [-0.1, -0.05) is 12.8 Å². The topological polar surface area (TPSA) is 61.2 Å². The first-order valence-corrected chi connectivity index (χ1v) is 8.12. The van der Waals surface area contributed by atoms with Crippen LogP contribution in [0.2, 0.25) is 0 Å². The Morgan fingerprint density at radius 2 is 2.09 bits per heavy atom. The van der Waals surface area contributed by atoms with Crippen LogP contribution in [0.25, 0.3) is 0 Å². The summed E-state index contributed by atoms with van der Waals surface area (Å²) >= 11 is 0. The van der Waals surface area contributed by atoms with Gasteiger partial charge >= 0.3 is 0 Å². The van der Waals surface area contributed by atoms with Crippen LogP contribution in [0, 0.1) is 0 Å². The molecular weight excluding hydrogens is 292 g/mol. The molecule has 1 aliphatic carbocycles. The van der Waals surface area contributed by atoms with Crippen LogP contribution in [0.5, 0.6) is 11.5 Å². The summed E-state index contributed by atoms with van der Waals surface area (Å²) in [6.45, 7) is 0.656. The zero-order valence-electron chi connectivity index (χ0n) is 13.7. The summed E-state index contributed by atoms with van der Waals surface area (Å²) in [5, 5.41) is 8.07. The molecule has 6 heteroatoms. The molecule has 6 nitrogen and oxygen atoms in total. The Morgan fingerprint density at radius 1 is 1.22 bits per heavy atom. The predicted molar refractivity (Wildman–Crippen MR) is 87.7 cm³/mol. The van der Waals surface area contributed by atoms with Crippen LogP contribution in [0.15, 0.2) is 30.7 Å². The maximum absolute atomic E-state index is 5.46. The maximum Gasteiger partial charge on any atom is 0.183 e. The number of ether oxygens (including phenoxy) is 2. The average molecular weight is 316 g/mol. The Balaban J connectivity index is 1.71. The third kappa shape index (κ3) is 3.47. The third-order valence-corrected chi connectivity index (χ3v) is 4.49. The normalized spacial score (nSPS) is 21.1. The molecule has 2 aromatic rings. The van der Waals surface area contributed by atoms with E-state index in [4.69, 9.17) is 9.47 Å². The van der Waals surface area contributed by atoms with Gasteiger partial charge in [-0.2, -0.15) is 5.10 Å². The summed E-state index contributed by atoms with van der Waals surface area (Å²) in [7, 11) is 3.29. The molecule has 0 unspecified atom stereocenters. The van der Waals surface area contributed by atoms with E-state index in [0.29, 0.717) is 30.1 Å². The number of hydrogen-bond acceptors (Lipinski definition) is 5. The number of nitrogens with zero attached hydrogens (tertiary/aromatic N) is 3. The molecule has 0 aliphatic heterocycles. The minimum atomic E-state index is 0.390. The summed E-state index contributed by atoms with van der Waals surface area (Å²) in [6.07, 6.45) is 10.5. The van der Waals surface area contributed by atoms with E-state index in [0.717, 1.165) is 18.5 Å². The largest absolute Gasteiger partial charge is 0.493 e. The van der Waals surface area contributed by atoms with E-state index in [9.17, 15) is 0 Å². The van der Waals surface area contributed by atoms with E-state index >= 15 is 0 Å². The number of aromatic nitrogens is 3. The highest BCUT2D eigenvalue weighted by Gasteiger charge is 2.27. The Kier molecular flexibility index (Phi) is 5.12. The molecule has 1 aliphatic rings. The maximum atomic E-state index is 5.46. The Bertz CT molecular complexity index is 615. The first kappa shape index (κ1) is 15.8. The van der Waals surface area contributed by atoms with Crippen LogP contribution in [-0.4, -0.2) is 35.0 Å². The molecule has 0 radical (unpaired) electrons. The lowest BCUT2D eigenvalue weighted by Crippen LogP contribution is -2.39. The predicted octanol–water partition coefficient (Wildman–Crippen LogP) is 2.57. The number of methoxy groups -OCH3 is 2. The number of nitrogens with one attached hydrogen (secondary N) is 1. The number of hydrogen-bond donors (Lipinski definition) is 1. The second-order valence-corrected chi connectivity index (χ2v) is 5.82.